The van der Waals surface area contributed by atoms with Crippen LogP contribution in [0.1, 0.15) is 27.9 Å². The maximum absolute atomic E-state index is 13.3. The van der Waals surface area contributed by atoms with Crippen molar-refractivity contribution in [3.05, 3.63) is 99.3 Å². The van der Waals surface area contributed by atoms with Crippen molar-refractivity contribution in [2.24, 2.45) is 0 Å². The Morgan fingerprint density at radius 2 is 1.75 bits per heavy atom. The van der Waals surface area contributed by atoms with Crippen LogP contribution in [0, 0.1) is 0 Å². The summed E-state index contributed by atoms with van der Waals surface area (Å²) in [6, 6.07) is 14.6. The van der Waals surface area contributed by atoms with Crippen LogP contribution in [0.5, 0.6) is 0 Å². The average Bonchev–Trinajstić information content (AvgIpc) is 3.03. The molecule has 5 rings (SSSR count). The first-order chi connectivity index (χ1) is 13.6. The van der Waals surface area contributed by atoms with Gasteiger partial charge in [-0.15, -0.1) is 0 Å². The van der Waals surface area contributed by atoms with Gasteiger partial charge in [0.2, 0.25) is 5.76 Å². The lowest BCUT2D eigenvalue weighted by Crippen LogP contribution is -2.30. The number of carbonyl (C=O) groups excluding carboxylic acids is 1. The smallest absolute Gasteiger partial charge is 0.296 e. The summed E-state index contributed by atoms with van der Waals surface area (Å²) >= 11 is 6.07. The Hall–Kier alpha value is -3.51. The Kier molecular flexibility index (Phi) is 3.74. The van der Waals surface area contributed by atoms with E-state index in [4.69, 9.17) is 16.0 Å². The van der Waals surface area contributed by atoms with Gasteiger partial charge >= 0.3 is 0 Å². The number of amides is 1. The Bertz CT molecular complexity index is 1270. The van der Waals surface area contributed by atoms with Crippen LogP contribution in [-0.4, -0.2) is 15.9 Å². The number of aromatic nitrogens is 2. The molecule has 0 saturated heterocycles. The minimum atomic E-state index is -0.738. The number of carbonyl (C=O) groups is 1. The predicted molar refractivity (Wildman–Crippen MR) is 105 cm³/mol. The van der Waals surface area contributed by atoms with Gasteiger partial charge in [0.15, 0.2) is 5.43 Å². The van der Waals surface area contributed by atoms with Crippen molar-refractivity contribution in [2.75, 3.05) is 4.90 Å². The highest BCUT2D eigenvalue weighted by Crippen LogP contribution is 2.39. The van der Waals surface area contributed by atoms with Gasteiger partial charge in [-0.1, -0.05) is 23.7 Å². The SMILES string of the molecule is O=C1c2oc3ccc(Cl)cc3c(=O)c2[C@H](c2ccccn2)N1c1ccccn1. The molecule has 0 saturated carbocycles. The number of hydrogen-bond acceptors (Lipinski definition) is 5. The summed E-state index contributed by atoms with van der Waals surface area (Å²) in [4.78, 5) is 36.7. The lowest BCUT2D eigenvalue weighted by molar-refractivity contribution is 0.0970. The zero-order valence-corrected chi connectivity index (χ0v) is 15.1. The molecule has 28 heavy (non-hydrogen) atoms. The molecule has 0 N–H and O–H groups in total. The molecular formula is C21H12ClN3O3. The van der Waals surface area contributed by atoms with Crippen LogP contribution >= 0.6 is 11.6 Å². The number of nitrogens with zero attached hydrogens (tertiary/aromatic N) is 3. The van der Waals surface area contributed by atoms with Crippen molar-refractivity contribution in [3.8, 4) is 0 Å². The molecule has 1 atom stereocenters. The van der Waals surface area contributed by atoms with Crippen LogP contribution in [0.4, 0.5) is 5.82 Å². The second-order valence-corrected chi connectivity index (χ2v) is 6.77. The molecule has 0 bridgehead atoms. The molecule has 1 amide bonds. The monoisotopic (exact) mass is 389 g/mol. The second-order valence-electron chi connectivity index (χ2n) is 6.33. The largest absolute Gasteiger partial charge is 0.450 e. The van der Waals surface area contributed by atoms with E-state index in [1.165, 1.54) is 4.90 Å². The number of fused-ring (bicyclic) bond motifs is 2. The highest BCUT2D eigenvalue weighted by Gasteiger charge is 2.44. The van der Waals surface area contributed by atoms with Crippen molar-refractivity contribution in [2.45, 2.75) is 6.04 Å². The molecule has 0 fully saturated rings. The van der Waals surface area contributed by atoms with Gasteiger partial charge < -0.3 is 4.42 Å². The molecule has 4 heterocycles. The van der Waals surface area contributed by atoms with Crippen LogP contribution in [0.2, 0.25) is 5.02 Å². The average molecular weight is 390 g/mol. The summed E-state index contributed by atoms with van der Waals surface area (Å²) in [6.07, 6.45) is 3.21. The molecule has 0 aliphatic carbocycles. The predicted octanol–water partition coefficient (Wildman–Crippen LogP) is 3.99. The van der Waals surface area contributed by atoms with E-state index in [1.807, 2.05) is 0 Å². The number of halogens is 1. The van der Waals surface area contributed by atoms with Gasteiger partial charge in [-0.05, 0) is 42.5 Å². The summed E-state index contributed by atoms with van der Waals surface area (Å²) in [7, 11) is 0. The minimum absolute atomic E-state index is 0.00104. The summed E-state index contributed by atoms with van der Waals surface area (Å²) in [5.41, 5.74) is 0.795. The van der Waals surface area contributed by atoms with E-state index in [-0.39, 0.29) is 16.8 Å². The van der Waals surface area contributed by atoms with Crippen LogP contribution in [0.25, 0.3) is 11.0 Å². The fraction of sp³-hybridized carbons (Fsp3) is 0.0476. The molecule has 4 aromatic rings. The summed E-state index contributed by atoms with van der Waals surface area (Å²) in [5, 5.41) is 0.739. The van der Waals surface area contributed by atoms with E-state index in [0.29, 0.717) is 27.5 Å². The Morgan fingerprint density at radius 3 is 2.46 bits per heavy atom. The van der Waals surface area contributed by atoms with E-state index < -0.39 is 11.9 Å². The molecule has 1 aromatic carbocycles. The molecule has 7 heteroatoms. The molecule has 0 spiro atoms. The highest BCUT2D eigenvalue weighted by molar-refractivity contribution is 6.31. The lowest BCUT2D eigenvalue weighted by atomic mass is 10.0. The molecular weight excluding hydrogens is 378 g/mol. The number of anilines is 1. The third-order valence-corrected chi connectivity index (χ3v) is 4.93. The summed E-state index contributed by atoms with van der Waals surface area (Å²) in [5.74, 6) is -0.0181. The first kappa shape index (κ1) is 16.6. The van der Waals surface area contributed by atoms with E-state index in [9.17, 15) is 9.59 Å². The van der Waals surface area contributed by atoms with E-state index in [1.54, 1.807) is 67.0 Å². The van der Waals surface area contributed by atoms with Crippen molar-refractivity contribution in [1.82, 2.24) is 9.97 Å². The van der Waals surface area contributed by atoms with Crippen LogP contribution in [-0.2, 0) is 0 Å². The Balaban J connectivity index is 1.84. The maximum atomic E-state index is 13.3. The first-order valence-electron chi connectivity index (χ1n) is 8.57. The third-order valence-electron chi connectivity index (χ3n) is 4.70. The quantitative estimate of drug-likeness (QED) is 0.518. The zero-order chi connectivity index (χ0) is 19.3. The van der Waals surface area contributed by atoms with Crippen molar-refractivity contribution < 1.29 is 9.21 Å². The molecule has 6 nitrogen and oxygen atoms in total. The van der Waals surface area contributed by atoms with Gasteiger partial charge in [-0.2, -0.15) is 0 Å². The fourth-order valence-electron chi connectivity index (χ4n) is 3.50. The molecule has 136 valence electrons. The van der Waals surface area contributed by atoms with E-state index in [0.717, 1.165) is 0 Å². The summed E-state index contributed by atoms with van der Waals surface area (Å²) in [6.45, 7) is 0. The second kappa shape index (κ2) is 6.28. The van der Waals surface area contributed by atoms with Crippen LogP contribution in [0.15, 0.2) is 76.2 Å². The van der Waals surface area contributed by atoms with Gasteiger partial charge in [-0.3, -0.25) is 19.5 Å². The number of rotatable bonds is 2. The standard InChI is InChI=1S/C21H12ClN3O3/c22-12-7-8-15-13(11-12)19(26)17-18(14-5-1-3-9-23-14)25(21(27)20(17)28-15)16-6-2-4-10-24-16/h1-11,18H/t18-/m0/s1. The van der Waals surface area contributed by atoms with Crippen LogP contribution in [0.3, 0.4) is 0 Å². The van der Waals surface area contributed by atoms with Crippen molar-refractivity contribution in [1.29, 1.82) is 0 Å². The molecule has 0 radical (unpaired) electrons. The fourth-order valence-corrected chi connectivity index (χ4v) is 3.67. The normalized spacial score (nSPS) is 15.8. The van der Waals surface area contributed by atoms with E-state index in [2.05, 4.69) is 9.97 Å². The number of benzene rings is 1. The van der Waals surface area contributed by atoms with E-state index >= 15 is 0 Å². The molecule has 1 aliphatic rings. The van der Waals surface area contributed by atoms with Crippen molar-refractivity contribution in [3.63, 3.8) is 0 Å². The maximum Gasteiger partial charge on any atom is 0.296 e. The van der Waals surface area contributed by atoms with Gasteiger partial charge in [0.05, 0.1) is 16.6 Å². The topological polar surface area (TPSA) is 76.3 Å². The minimum Gasteiger partial charge on any atom is -0.450 e. The number of pyridine rings is 2. The van der Waals surface area contributed by atoms with Crippen molar-refractivity contribution >= 4 is 34.3 Å². The van der Waals surface area contributed by atoms with Crippen LogP contribution < -0.4 is 10.3 Å². The third kappa shape index (κ3) is 2.42. The molecule has 1 aliphatic heterocycles. The zero-order valence-electron chi connectivity index (χ0n) is 14.4. The van der Waals surface area contributed by atoms with Gasteiger partial charge in [0.25, 0.3) is 5.91 Å². The molecule has 0 unspecified atom stereocenters. The highest BCUT2D eigenvalue weighted by atomic mass is 35.5. The Morgan fingerprint density at radius 1 is 0.964 bits per heavy atom. The summed E-state index contributed by atoms with van der Waals surface area (Å²) < 4.78 is 5.85. The van der Waals surface area contributed by atoms with Gasteiger partial charge in [0, 0.05) is 17.4 Å². The molecule has 3 aromatic heterocycles. The lowest BCUT2D eigenvalue weighted by Gasteiger charge is -2.23. The Labute approximate surface area is 164 Å². The number of hydrogen-bond donors (Lipinski definition) is 0. The van der Waals surface area contributed by atoms with Gasteiger partial charge in [-0.25, -0.2) is 4.98 Å². The first-order valence-corrected chi connectivity index (χ1v) is 8.95. The van der Waals surface area contributed by atoms with Gasteiger partial charge in [0.1, 0.15) is 17.4 Å².